The van der Waals surface area contributed by atoms with E-state index in [1.54, 1.807) is 7.11 Å². The third-order valence-corrected chi connectivity index (χ3v) is 5.05. The van der Waals surface area contributed by atoms with Crippen LogP contribution < -0.4 is 15.4 Å². The maximum absolute atomic E-state index is 13.7. The lowest BCUT2D eigenvalue weighted by Crippen LogP contribution is -2.38. The van der Waals surface area contributed by atoms with E-state index < -0.39 is 15.7 Å². The zero-order valence-corrected chi connectivity index (χ0v) is 20.6. The van der Waals surface area contributed by atoms with Crippen LogP contribution in [0.1, 0.15) is 23.6 Å². The van der Waals surface area contributed by atoms with Crippen molar-refractivity contribution in [3.05, 3.63) is 65.0 Å². The van der Waals surface area contributed by atoms with Crippen molar-refractivity contribution in [1.82, 2.24) is 10.6 Å². The van der Waals surface area contributed by atoms with Gasteiger partial charge < -0.3 is 15.4 Å². The molecule has 9 heteroatoms. The monoisotopic (exact) mass is 549 g/mol. The maximum atomic E-state index is 13.7. The highest BCUT2D eigenvalue weighted by molar-refractivity contribution is 14.0. The Morgan fingerprint density at radius 1 is 1.10 bits per heavy atom. The van der Waals surface area contributed by atoms with E-state index in [1.807, 2.05) is 31.2 Å². The zero-order chi connectivity index (χ0) is 21.3. The zero-order valence-electron chi connectivity index (χ0n) is 17.4. The normalized spacial score (nSPS) is 11.5. The number of methoxy groups -OCH3 is 1. The molecule has 0 radical (unpaired) electrons. The van der Waals surface area contributed by atoms with Crippen molar-refractivity contribution in [3.63, 3.8) is 0 Å². The molecule has 0 fully saturated rings. The smallest absolute Gasteiger partial charge is 0.191 e. The summed E-state index contributed by atoms with van der Waals surface area (Å²) in [5.74, 6) is 0.857. The van der Waals surface area contributed by atoms with Crippen molar-refractivity contribution in [2.75, 3.05) is 26.5 Å². The van der Waals surface area contributed by atoms with Gasteiger partial charge >= 0.3 is 0 Å². The molecule has 0 aliphatic carbocycles. The molecule has 0 bridgehead atoms. The molecule has 0 atom stereocenters. The molecule has 0 saturated carbocycles. The van der Waals surface area contributed by atoms with Gasteiger partial charge in [-0.2, -0.15) is 0 Å². The van der Waals surface area contributed by atoms with Crippen LogP contribution in [-0.4, -0.2) is 40.8 Å². The number of rotatable bonds is 9. The lowest BCUT2D eigenvalue weighted by Gasteiger charge is -2.13. The fourth-order valence-electron chi connectivity index (χ4n) is 2.90. The Bertz CT molecular complexity index is 952. The highest BCUT2D eigenvalue weighted by Crippen LogP contribution is 2.17. The van der Waals surface area contributed by atoms with Gasteiger partial charge in [-0.05, 0) is 48.2 Å². The first-order valence-corrected chi connectivity index (χ1v) is 11.5. The van der Waals surface area contributed by atoms with Crippen LogP contribution in [0.3, 0.4) is 0 Å². The second-order valence-corrected chi connectivity index (χ2v) is 8.81. The summed E-state index contributed by atoms with van der Waals surface area (Å²) in [5, 5.41) is 6.39. The van der Waals surface area contributed by atoms with Crippen molar-refractivity contribution < 1.29 is 17.5 Å². The van der Waals surface area contributed by atoms with Gasteiger partial charge in [0.1, 0.15) is 11.6 Å². The van der Waals surface area contributed by atoms with E-state index >= 15 is 0 Å². The van der Waals surface area contributed by atoms with E-state index in [9.17, 15) is 12.8 Å². The summed E-state index contributed by atoms with van der Waals surface area (Å²) < 4.78 is 42.3. The van der Waals surface area contributed by atoms with Gasteiger partial charge in [0.25, 0.3) is 0 Å². The molecule has 0 heterocycles. The molecule has 6 nitrogen and oxygen atoms in total. The highest BCUT2D eigenvalue weighted by atomic mass is 127. The number of ether oxygens (including phenoxy) is 1. The Kier molecular flexibility index (Phi) is 11.1. The summed E-state index contributed by atoms with van der Waals surface area (Å²) in [5.41, 5.74) is 2.19. The summed E-state index contributed by atoms with van der Waals surface area (Å²) in [4.78, 5) is 4.49. The van der Waals surface area contributed by atoms with Crippen LogP contribution >= 0.6 is 24.0 Å². The number of aliphatic imine (C=N–C) groups is 1. The molecule has 0 aliphatic heterocycles. The maximum Gasteiger partial charge on any atom is 0.191 e. The standard InChI is InChI=1S/C21H28FN3O3S.HI/c1-4-23-21(24-12-11-16-7-5-6-8-20(16)28-2)25-14-18-13-19(22)10-9-17(18)15-29(3,26)27;/h5-10,13H,4,11-12,14-15H2,1-3H3,(H2,23,24,25);1H. The molecule has 0 unspecified atom stereocenters. The van der Waals surface area contributed by atoms with E-state index in [0.717, 1.165) is 24.0 Å². The molecular weight excluding hydrogens is 520 g/mol. The molecular formula is C21H29FIN3O3S. The topological polar surface area (TPSA) is 79.8 Å². The Morgan fingerprint density at radius 2 is 1.83 bits per heavy atom. The quantitative estimate of drug-likeness (QED) is 0.285. The lowest BCUT2D eigenvalue weighted by atomic mass is 10.1. The predicted octanol–water partition coefficient (Wildman–Crippen LogP) is 3.29. The molecule has 2 aromatic rings. The molecule has 0 aliphatic rings. The number of halogens is 2. The largest absolute Gasteiger partial charge is 0.496 e. The minimum atomic E-state index is -3.23. The Balaban J connectivity index is 0.00000450. The summed E-state index contributed by atoms with van der Waals surface area (Å²) in [6, 6.07) is 11.9. The van der Waals surface area contributed by atoms with Crippen molar-refractivity contribution in [2.24, 2.45) is 4.99 Å². The molecule has 2 rings (SSSR count). The summed E-state index contributed by atoms with van der Waals surface area (Å²) in [6.07, 6.45) is 1.90. The van der Waals surface area contributed by atoms with Gasteiger partial charge in [-0.1, -0.05) is 24.3 Å². The fraction of sp³-hybridized carbons (Fsp3) is 0.381. The number of para-hydroxylation sites is 1. The van der Waals surface area contributed by atoms with Crippen LogP contribution in [0.15, 0.2) is 47.5 Å². The van der Waals surface area contributed by atoms with E-state index in [1.165, 1.54) is 18.2 Å². The average Bonchev–Trinajstić information content (AvgIpc) is 2.67. The number of benzene rings is 2. The SMILES string of the molecule is CCNC(=NCc1cc(F)ccc1CS(C)(=O)=O)NCCc1ccccc1OC.I. The van der Waals surface area contributed by atoms with Crippen LogP contribution in [0.4, 0.5) is 4.39 Å². The number of nitrogens with one attached hydrogen (secondary N) is 2. The van der Waals surface area contributed by atoms with Gasteiger partial charge in [0.05, 0.1) is 19.4 Å². The molecule has 0 saturated heterocycles. The van der Waals surface area contributed by atoms with Crippen LogP contribution in [0.5, 0.6) is 5.75 Å². The number of sulfone groups is 1. The van der Waals surface area contributed by atoms with Crippen LogP contribution in [0.25, 0.3) is 0 Å². The molecule has 0 aromatic heterocycles. The Hall–Kier alpha value is -1.88. The van der Waals surface area contributed by atoms with Crippen molar-refractivity contribution >= 4 is 39.8 Å². The first-order valence-electron chi connectivity index (χ1n) is 9.41. The second kappa shape index (κ2) is 12.7. The predicted molar refractivity (Wildman–Crippen MR) is 130 cm³/mol. The van der Waals surface area contributed by atoms with Crippen molar-refractivity contribution in [2.45, 2.75) is 25.6 Å². The number of nitrogens with zero attached hydrogens (tertiary/aromatic N) is 1. The fourth-order valence-corrected chi connectivity index (χ4v) is 3.74. The number of hydrogen-bond donors (Lipinski definition) is 2. The van der Waals surface area contributed by atoms with Gasteiger partial charge in [0.2, 0.25) is 0 Å². The minimum absolute atomic E-state index is 0. The number of hydrogen-bond acceptors (Lipinski definition) is 4. The average molecular weight is 549 g/mol. The first-order chi connectivity index (χ1) is 13.8. The molecule has 0 amide bonds. The van der Waals surface area contributed by atoms with Crippen molar-refractivity contribution in [3.8, 4) is 5.75 Å². The summed E-state index contributed by atoms with van der Waals surface area (Å²) >= 11 is 0. The van der Waals surface area contributed by atoms with Crippen molar-refractivity contribution in [1.29, 1.82) is 0 Å². The van der Waals surface area contributed by atoms with E-state index in [0.29, 0.717) is 30.2 Å². The van der Waals surface area contributed by atoms with Gasteiger partial charge in [-0.15, -0.1) is 24.0 Å². The van der Waals surface area contributed by atoms with Gasteiger partial charge in [0, 0.05) is 19.3 Å². The summed E-state index contributed by atoms with van der Waals surface area (Å²) in [7, 11) is -1.58. The summed E-state index contributed by atoms with van der Waals surface area (Å²) in [6.45, 7) is 3.42. The third-order valence-electron chi connectivity index (χ3n) is 4.22. The molecule has 2 N–H and O–H groups in total. The lowest BCUT2D eigenvalue weighted by molar-refractivity contribution is 0.409. The molecule has 30 heavy (non-hydrogen) atoms. The Labute approximate surface area is 195 Å². The van der Waals surface area contributed by atoms with Crippen LogP contribution in [0, 0.1) is 5.82 Å². The van der Waals surface area contributed by atoms with Gasteiger partial charge in [-0.3, -0.25) is 0 Å². The second-order valence-electron chi connectivity index (χ2n) is 6.67. The molecule has 2 aromatic carbocycles. The number of guanidine groups is 1. The third kappa shape index (κ3) is 8.86. The minimum Gasteiger partial charge on any atom is -0.496 e. The first kappa shape index (κ1) is 26.2. The van der Waals surface area contributed by atoms with Gasteiger partial charge in [0.15, 0.2) is 15.8 Å². The van der Waals surface area contributed by atoms with E-state index in [-0.39, 0.29) is 36.3 Å². The van der Waals surface area contributed by atoms with E-state index in [2.05, 4.69) is 15.6 Å². The van der Waals surface area contributed by atoms with Gasteiger partial charge in [-0.25, -0.2) is 17.8 Å². The molecule has 166 valence electrons. The molecule has 0 spiro atoms. The van der Waals surface area contributed by atoms with Crippen LogP contribution in [0.2, 0.25) is 0 Å². The van der Waals surface area contributed by atoms with Crippen LogP contribution in [-0.2, 0) is 28.6 Å². The Morgan fingerprint density at radius 3 is 2.50 bits per heavy atom. The van der Waals surface area contributed by atoms with E-state index in [4.69, 9.17) is 4.74 Å². The highest BCUT2D eigenvalue weighted by Gasteiger charge is 2.11.